The van der Waals surface area contributed by atoms with Gasteiger partial charge in [-0.2, -0.15) is 0 Å². The number of hydrogen-bond acceptors (Lipinski definition) is 2. The van der Waals surface area contributed by atoms with E-state index in [1.165, 1.54) is 0 Å². The van der Waals surface area contributed by atoms with E-state index in [9.17, 15) is 4.79 Å². The third-order valence-corrected chi connectivity index (χ3v) is 1.27. The molecule has 0 spiro atoms. The van der Waals surface area contributed by atoms with E-state index in [0.29, 0.717) is 11.8 Å². The van der Waals surface area contributed by atoms with Gasteiger partial charge < -0.3 is 9.90 Å². The Labute approximate surface area is 87.5 Å². The summed E-state index contributed by atoms with van der Waals surface area (Å²) in [5.41, 5.74) is 0.637. The van der Waals surface area contributed by atoms with Crippen molar-refractivity contribution in [3.63, 3.8) is 0 Å². The number of carbonyl (C=O) groups is 1. The minimum atomic E-state index is -0.971. The quantitative estimate of drug-likeness (QED) is 0.498. The molecular formula is C8H9NaO2. The Morgan fingerprint density at radius 3 is 2.27 bits per heavy atom. The topological polar surface area (TPSA) is 37.3 Å². The van der Waals surface area contributed by atoms with E-state index in [-0.39, 0.29) is 29.6 Å². The van der Waals surface area contributed by atoms with Crippen molar-refractivity contribution in [2.24, 2.45) is 0 Å². The van der Waals surface area contributed by atoms with E-state index in [2.05, 4.69) is 0 Å². The molecule has 0 amide bonds. The molecule has 54 valence electrons. The molecule has 1 atom stereocenters. The average Bonchev–Trinajstić information content (AvgIpc) is 2.05. The van der Waals surface area contributed by atoms with Gasteiger partial charge in [0.1, 0.15) is 6.10 Å². The second-order valence-electron chi connectivity index (χ2n) is 1.99. The Morgan fingerprint density at radius 1 is 1.27 bits per heavy atom. The Bertz CT molecular complexity index is 211. The Morgan fingerprint density at radius 2 is 1.82 bits per heavy atom. The molecule has 1 aromatic carbocycles. The molecule has 0 heterocycles. The van der Waals surface area contributed by atoms with Crippen LogP contribution < -0.4 is 0 Å². The molecule has 0 radical (unpaired) electrons. The molecule has 0 aliphatic carbocycles. The number of hydrogen-bond donors (Lipinski definition) is 1. The van der Waals surface area contributed by atoms with Crippen LogP contribution in [0.2, 0.25) is 0 Å². The number of aliphatic hydroxyl groups excluding tert-OH is 1. The number of aliphatic hydroxyl groups is 1. The summed E-state index contributed by atoms with van der Waals surface area (Å²) in [6.45, 7) is 0. The molecule has 0 aliphatic heterocycles. The van der Waals surface area contributed by atoms with Gasteiger partial charge in [0.25, 0.3) is 0 Å². The zero-order chi connectivity index (χ0) is 7.40. The Hall–Kier alpha value is -0.150. The maximum atomic E-state index is 10.1. The van der Waals surface area contributed by atoms with E-state index in [1.54, 1.807) is 24.3 Å². The first-order chi connectivity index (χ1) is 4.84. The molecule has 1 aromatic rings. The molecular weight excluding hydrogens is 151 g/mol. The number of carbonyl (C=O) groups excluding carboxylic acids is 1. The van der Waals surface area contributed by atoms with E-state index in [4.69, 9.17) is 5.11 Å². The van der Waals surface area contributed by atoms with Gasteiger partial charge in [0.15, 0.2) is 6.29 Å². The van der Waals surface area contributed by atoms with Crippen molar-refractivity contribution in [3.8, 4) is 0 Å². The molecule has 1 rings (SSSR count). The summed E-state index contributed by atoms with van der Waals surface area (Å²) >= 11 is 0. The summed E-state index contributed by atoms with van der Waals surface area (Å²) in [4.78, 5) is 10.1. The molecule has 3 heteroatoms. The third kappa shape index (κ3) is 3.16. The second kappa shape index (κ2) is 5.49. The molecule has 0 bridgehead atoms. The first kappa shape index (κ1) is 10.8. The van der Waals surface area contributed by atoms with Gasteiger partial charge in [0, 0.05) is 0 Å². The second-order valence-corrected chi connectivity index (χ2v) is 1.99. The molecule has 0 aliphatic rings. The molecule has 1 N–H and O–H groups in total. The predicted octanol–water partition coefficient (Wildman–Crippen LogP) is 0.270. The molecule has 11 heavy (non-hydrogen) atoms. The fraction of sp³-hybridized carbons (Fsp3) is 0.125. The number of aldehydes is 1. The normalized spacial score (nSPS) is 11.4. The van der Waals surface area contributed by atoms with E-state index < -0.39 is 6.10 Å². The van der Waals surface area contributed by atoms with Crippen LogP contribution in [-0.2, 0) is 4.79 Å². The van der Waals surface area contributed by atoms with Crippen LogP contribution in [0.4, 0.5) is 0 Å². The van der Waals surface area contributed by atoms with Gasteiger partial charge in [-0.25, -0.2) is 0 Å². The monoisotopic (exact) mass is 160 g/mol. The van der Waals surface area contributed by atoms with E-state index in [0.717, 1.165) is 0 Å². The minimum absolute atomic E-state index is 0. The fourth-order valence-corrected chi connectivity index (χ4v) is 0.729. The first-order valence-electron chi connectivity index (χ1n) is 3.03. The van der Waals surface area contributed by atoms with Crippen molar-refractivity contribution in [3.05, 3.63) is 35.9 Å². The van der Waals surface area contributed by atoms with Gasteiger partial charge >= 0.3 is 29.6 Å². The zero-order valence-corrected chi connectivity index (χ0v) is 5.40. The van der Waals surface area contributed by atoms with Crippen LogP contribution in [0.15, 0.2) is 30.3 Å². The summed E-state index contributed by atoms with van der Waals surface area (Å²) in [6.07, 6.45) is -0.462. The zero-order valence-electron chi connectivity index (χ0n) is 5.40. The van der Waals surface area contributed by atoms with Crippen molar-refractivity contribution < 1.29 is 9.90 Å². The van der Waals surface area contributed by atoms with Crippen LogP contribution in [0.3, 0.4) is 0 Å². The molecule has 1 unspecified atom stereocenters. The summed E-state index contributed by atoms with van der Waals surface area (Å²) < 4.78 is 0. The van der Waals surface area contributed by atoms with Crippen LogP contribution in [0, 0.1) is 0 Å². The average molecular weight is 160 g/mol. The maximum absolute atomic E-state index is 10.1. The van der Waals surface area contributed by atoms with Gasteiger partial charge in [-0.1, -0.05) is 30.3 Å². The molecule has 0 saturated heterocycles. The van der Waals surface area contributed by atoms with Crippen LogP contribution >= 0.6 is 0 Å². The molecule has 0 fully saturated rings. The summed E-state index contributed by atoms with van der Waals surface area (Å²) in [7, 11) is 0. The van der Waals surface area contributed by atoms with Crippen LogP contribution in [-0.4, -0.2) is 40.9 Å². The molecule has 2 nitrogen and oxygen atoms in total. The fourth-order valence-electron chi connectivity index (χ4n) is 0.729. The van der Waals surface area contributed by atoms with Crippen LogP contribution in [0.25, 0.3) is 0 Å². The third-order valence-electron chi connectivity index (χ3n) is 1.27. The SMILES string of the molecule is O=CC(O)c1ccccc1.[NaH]. The standard InChI is InChI=1S/C8H8O2.Na.H/c9-6-8(10)7-4-2-1-3-5-7;;/h1-6,8,10H;;. The first-order valence-corrected chi connectivity index (χ1v) is 3.03. The van der Waals surface area contributed by atoms with E-state index >= 15 is 0 Å². The summed E-state index contributed by atoms with van der Waals surface area (Å²) in [5.74, 6) is 0. The Kier molecular flexibility index (Phi) is 5.42. The van der Waals surface area contributed by atoms with Gasteiger partial charge in [-0.05, 0) is 5.56 Å². The van der Waals surface area contributed by atoms with Gasteiger partial charge in [-0.15, -0.1) is 0 Å². The van der Waals surface area contributed by atoms with Gasteiger partial charge in [0.05, 0.1) is 0 Å². The number of rotatable bonds is 2. The van der Waals surface area contributed by atoms with Gasteiger partial charge in [-0.3, -0.25) is 0 Å². The van der Waals surface area contributed by atoms with Crippen LogP contribution in [0.5, 0.6) is 0 Å². The molecule has 0 aromatic heterocycles. The number of benzene rings is 1. The van der Waals surface area contributed by atoms with Crippen LogP contribution in [0.1, 0.15) is 11.7 Å². The van der Waals surface area contributed by atoms with Gasteiger partial charge in [0.2, 0.25) is 0 Å². The van der Waals surface area contributed by atoms with Crippen molar-refractivity contribution in [1.82, 2.24) is 0 Å². The van der Waals surface area contributed by atoms with Crippen molar-refractivity contribution >= 4 is 35.8 Å². The van der Waals surface area contributed by atoms with Crippen molar-refractivity contribution in [1.29, 1.82) is 0 Å². The van der Waals surface area contributed by atoms with Crippen molar-refractivity contribution in [2.75, 3.05) is 0 Å². The predicted molar refractivity (Wildman–Crippen MR) is 44.6 cm³/mol. The Balaban J connectivity index is 0.000001000. The van der Waals surface area contributed by atoms with Crippen molar-refractivity contribution in [2.45, 2.75) is 6.10 Å². The summed E-state index contributed by atoms with van der Waals surface area (Å²) in [6, 6.07) is 8.81. The summed E-state index contributed by atoms with van der Waals surface area (Å²) in [5, 5.41) is 8.96. The van der Waals surface area contributed by atoms with E-state index in [1.807, 2.05) is 6.07 Å². The molecule has 0 saturated carbocycles.